The molecule has 1 saturated heterocycles. The van der Waals surface area contributed by atoms with Gasteiger partial charge < -0.3 is 15.5 Å². The van der Waals surface area contributed by atoms with Gasteiger partial charge in [-0.3, -0.25) is 9.67 Å². The van der Waals surface area contributed by atoms with Crippen molar-refractivity contribution in [2.75, 3.05) is 33.2 Å². The van der Waals surface area contributed by atoms with Crippen molar-refractivity contribution in [3.8, 4) is 0 Å². The van der Waals surface area contributed by atoms with Crippen LogP contribution in [0, 0.1) is 5.92 Å². The zero-order chi connectivity index (χ0) is 15.8. The summed E-state index contributed by atoms with van der Waals surface area (Å²) in [7, 11) is 3.77. The van der Waals surface area contributed by atoms with Crippen LogP contribution < -0.4 is 10.6 Å². The van der Waals surface area contributed by atoms with Crippen molar-refractivity contribution >= 4 is 29.9 Å². The van der Waals surface area contributed by atoms with Crippen molar-refractivity contribution in [2.45, 2.75) is 32.7 Å². The zero-order valence-corrected chi connectivity index (χ0v) is 16.9. The van der Waals surface area contributed by atoms with E-state index in [4.69, 9.17) is 0 Å². The molecule has 2 N–H and O–H groups in total. The van der Waals surface area contributed by atoms with E-state index in [0.717, 1.165) is 30.7 Å². The van der Waals surface area contributed by atoms with Crippen LogP contribution >= 0.6 is 24.0 Å². The van der Waals surface area contributed by atoms with Gasteiger partial charge in [0.25, 0.3) is 0 Å². The third-order valence-corrected chi connectivity index (χ3v) is 4.58. The Labute approximate surface area is 157 Å². The maximum absolute atomic E-state index is 4.28. The molecule has 0 unspecified atom stereocenters. The van der Waals surface area contributed by atoms with E-state index < -0.39 is 0 Å². The van der Waals surface area contributed by atoms with Crippen molar-refractivity contribution in [1.82, 2.24) is 25.3 Å². The van der Waals surface area contributed by atoms with Crippen LogP contribution in [0.25, 0.3) is 0 Å². The highest BCUT2D eigenvalue weighted by molar-refractivity contribution is 14.0. The van der Waals surface area contributed by atoms with E-state index in [1.807, 2.05) is 31.0 Å². The Morgan fingerprint density at radius 1 is 1.35 bits per heavy atom. The monoisotopic (exact) mass is 434 g/mol. The van der Waals surface area contributed by atoms with Gasteiger partial charge in [-0.1, -0.05) is 6.92 Å². The standard InChI is InChI=1S/C16H30N6.HI/c1-4-22-11-7-14(8-12-22)5-9-18-16(17-2)19-13-15-6-10-20-21(15)3;/h6,10,14H,4-5,7-9,11-13H2,1-3H3,(H2,17,18,19);1H. The fourth-order valence-corrected chi connectivity index (χ4v) is 2.96. The molecule has 23 heavy (non-hydrogen) atoms. The van der Waals surface area contributed by atoms with Gasteiger partial charge in [-0.25, -0.2) is 0 Å². The Morgan fingerprint density at radius 2 is 2.09 bits per heavy atom. The largest absolute Gasteiger partial charge is 0.356 e. The maximum Gasteiger partial charge on any atom is 0.191 e. The van der Waals surface area contributed by atoms with Crippen LogP contribution in [-0.4, -0.2) is 53.9 Å². The quantitative estimate of drug-likeness (QED) is 0.408. The van der Waals surface area contributed by atoms with Gasteiger partial charge in [-0.2, -0.15) is 5.10 Å². The Morgan fingerprint density at radius 3 is 2.65 bits per heavy atom. The average Bonchev–Trinajstić information content (AvgIpc) is 2.96. The van der Waals surface area contributed by atoms with E-state index >= 15 is 0 Å². The summed E-state index contributed by atoms with van der Waals surface area (Å²) in [6.07, 6.45) is 5.70. The summed E-state index contributed by atoms with van der Waals surface area (Å²) in [5.74, 6) is 1.72. The molecule has 1 aliphatic rings. The number of guanidine groups is 1. The molecule has 2 rings (SSSR count). The van der Waals surface area contributed by atoms with Gasteiger partial charge in [0, 0.05) is 26.8 Å². The molecule has 7 heteroatoms. The molecule has 1 aromatic heterocycles. The summed E-state index contributed by atoms with van der Waals surface area (Å²) in [5, 5.41) is 10.9. The lowest BCUT2D eigenvalue weighted by Crippen LogP contribution is -2.39. The van der Waals surface area contributed by atoms with E-state index in [0.29, 0.717) is 0 Å². The number of nitrogens with zero attached hydrogens (tertiary/aromatic N) is 4. The summed E-state index contributed by atoms with van der Waals surface area (Å²) in [4.78, 5) is 6.82. The number of hydrogen-bond acceptors (Lipinski definition) is 3. The Bertz CT molecular complexity index is 465. The molecule has 0 spiro atoms. The molecule has 0 aromatic carbocycles. The normalized spacial score (nSPS) is 16.9. The molecule has 1 aliphatic heterocycles. The van der Waals surface area contributed by atoms with Crippen LogP contribution in [0.1, 0.15) is 31.9 Å². The fraction of sp³-hybridized carbons (Fsp3) is 0.750. The van der Waals surface area contributed by atoms with Gasteiger partial charge in [0.1, 0.15) is 0 Å². The van der Waals surface area contributed by atoms with Crippen molar-refractivity contribution in [3.05, 3.63) is 18.0 Å². The van der Waals surface area contributed by atoms with Crippen molar-refractivity contribution in [3.63, 3.8) is 0 Å². The molecule has 1 aromatic rings. The van der Waals surface area contributed by atoms with E-state index in [-0.39, 0.29) is 24.0 Å². The summed E-state index contributed by atoms with van der Waals surface area (Å²) in [6, 6.07) is 2.02. The molecular weight excluding hydrogens is 403 g/mol. The van der Waals surface area contributed by atoms with Gasteiger partial charge >= 0.3 is 0 Å². The first-order valence-corrected chi connectivity index (χ1v) is 8.36. The lowest BCUT2D eigenvalue weighted by atomic mass is 9.93. The number of hydrogen-bond donors (Lipinski definition) is 2. The van der Waals surface area contributed by atoms with Crippen LogP contribution in [0.4, 0.5) is 0 Å². The van der Waals surface area contributed by atoms with Gasteiger partial charge in [0.15, 0.2) is 5.96 Å². The number of halogens is 1. The number of aromatic nitrogens is 2. The predicted octanol–water partition coefficient (Wildman–Crippen LogP) is 1.83. The van der Waals surface area contributed by atoms with Crippen LogP contribution in [0.2, 0.25) is 0 Å². The molecule has 0 bridgehead atoms. The molecule has 0 amide bonds. The molecule has 0 atom stereocenters. The van der Waals surface area contributed by atoms with Crippen molar-refractivity contribution in [1.29, 1.82) is 0 Å². The van der Waals surface area contributed by atoms with E-state index in [1.165, 1.54) is 38.9 Å². The van der Waals surface area contributed by atoms with Gasteiger partial charge in [-0.15, -0.1) is 24.0 Å². The molecule has 0 aliphatic carbocycles. The van der Waals surface area contributed by atoms with E-state index in [2.05, 4.69) is 32.5 Å². The fourth-order valence-electron chi connectivity index (χ4n) is 2.96. The molecule has 6 nitrogen and oxygen atoms in total. The highest BCUT2D eigenvalue weighted by Gasteiger charge is 2.17. The molecule has 1 fully saturated rings. The molecule has 0 saturated carbocycles. The minimum atomic E-state index is 0. The summed E-state index contributed by atoms with van der Waals surface area (Å²) >= 11 is 0. The third-order valence-electron chi connectivity index (χ3n) is 4.58. The van der Waals surface area contributed by atoms with E-state index in [1.54, 1.807) is 0 Å². The second-order valence-electron chi connectivity index (χ2n) is 5.97. The second kappa shape index (κ2) is 10.9. The maximum atomic E-state index is 4.28. The molecule has 132 valence electrons. The zero-order valence-electron chi connectivity index (χ0n) is 14.6. The second-order valence-corrected chi connectivity index (χ2v) is 5.97. The number of piperidine rings is 1. The van der Waals surface area contributed by atoms with Crippen LogP contribution in [-0.2, 0) is 13.6 Å². The lowest BCUT2D eigenvalue weighted by Gasteiger charge is -2.31. The van der Waals surface area contributed by atoms with Crippen molar-refractivity contribution in [2.24, 2.45) is 18.0 Å². The van der Waals surface area contributed by atoms with Gasteiger partial charge in [-0.05, 0) is 50.9 Å². The number of rotatable bonds is 6. The van der Waals surface area contributed by atoms with Gasteiger partial charge in [0.2, 0.25) is 0 Å². The average molecular weight is 434 g/mol. The van der Waals surface area contributed by atoms with Crippen LogP contribution in [0.3, 0.4) is 0 Å². The topological polar surface area (TPSA) is 57.5 Å². The lowest BCUT2D eigenvalue weighted by molar-refractivity contribution is 0.187. The van der Waals surface area contributed by atoms with Crippen LogP contribution in [0.15, 0.2) is 17.3 Å². The Kier molecular flexibility index (Phi) is 9.54. The third kappa shape index (κ3) is 6.66. The smallest absolute Gasteiger partial charge is 0.191 e. The highest BCUT2D eigenvalue weighted by atomic mass is 127. The minimum absolute atomic E-state index is 0. The van der Waals surface area contributed by atoms with Crippen LogP contribution in [0.5, 0.6) is 0 Å². The summed E-state index contributed by atoms with van der Waals surface area (Å²) in [6.45, 7) is 7.69. The highest BCUT2D eigenvalue weighted by Crippen LogP contribution is 2.19. The first-order chi connectivity index (χ1) is 10.7. The van der Waals surface area contributed by atoms with Crippen molar-refractivity contribution < 1.29 is 0 Å². The molecule has 2 heterocycles. The predicted molar refractivity (Wildman–Crippen MR) is 106 cm³/mol. The minimum Gasteiger partial charge on any atom is -0.356 e. The first kappa shape index (κ1) is 20.2. The Balaban J connectivity index is 0.00000264. The Hall–Kier alpha value is -0.830. The first-order valence-electron chi connectivity index (χ1n) is 8.36. The number of nitrogens with one attached hydrogen (secondary N) is 2. The number of aryl methyl sites for hydroxylation is 1. The number of likely N-dealkylation sites (tertiary alicyclic amines) is 1. The summed E-state index contributed by atoms with van der Waals surface area (Å²) < 4.78 is 1.88. The van der Waals surface area contributed by atoms with E-state index in [9.17, 15) is 0 Å². The van der Waals surface area contributed by atoms with Gasteiger partial charge in [0.05, 0.1) is 12.2 Å². The molecule has 0 radical (unpaired) electrons. The number of aliphatic imine (C=N–C) groups is 1. The summed E-state index contributed by atoms with van der Waals surface area (Å²) in [5.41, 5.74) is 1.15. The molecular formula is C16H31IN6. The SMILES string of the molecule is CCN1CCC(CCNC(=NC)NCc2ccnn2C)CC1.I.